The molecular formula is C14H12N2O4. The highest BCUT2D eigenvalue weighted by atomic mass is 16.2. The van der Waals surface area contributed by atoms with Gasteiger partial charge >= 0.3 is 0 Å². The number of amides is 2. The fourth-order valence-electron chi connectivity index (χ4n) is 2.83. The molecule has 2 atom stereocenters. The number of carbonyl (C=O) groups excluding carboxylic acids is 4. The molecule has 1 aromatic rings. The third kappa shape index (κ3) is 1.72. The number of hydrogen-bond acceptors (Lipinski definition) is 5. The predicted molar refractivity (Wildman–Crippen MR) is 68.9 cm³/mol. The van der Waals surface area contributed by atoms with Gasteiger partial charge < -0.3 is 5.73 Å². The molecule has 2 aliphatic rings. The summed E-state index contributed by atoms with van der Waals surface area (Å²) in [4.78, 5) is 47.6. The average Bonchev–Trinajstić information content (AvgIpc) is 2.63. The highest BCUT2D eigenvalue weighted by Crippen LogP contribution is 2.35. The number of benzene rings is 1. The van der Waals surface area contributed by atoms with Crippen molar-refractivity contribution in [3.63, 3.8) is 0 Å². The van der Waals surface area contributed by atoms with E-state index in [0.717, 1.165) is 0 Å². The Kier molecular flexibility index (Phi) is 2.67. The van der Waals surface area contributed by atoms with Gasteiger partial charge in [-0.15, -0.1) is 0 Å². The van der Waals surface area contributed by atoms with Gasteiger partial charge in [0.1, 0.15) is 0 Å². The van der Waals surface area contributed by atoms with E-state index in [1.165, 1.54) is 12.1 Å². The third-order valence-electron chi connectivity index (χ3n) is 3.82. The Bertz CT molecular complexity index is 665. The molecule has 102 valence electrons. The van der Waals surface area contributed by atoms with Crippen LogP contribution >= 0.6 is 0 Å². The van der Waals surface area contributed by atoms with Gasteiger partial charge in [0.15, 0.2) is 11.6 Å². The monoisotopic (exact) mass is 272 g/mol. The Morgan fingerprint density at radius 3 is 2.45 bits per heavy atom. The lowest BCUT2D eigenvalue weighted by molar-refractivity contribution is -0.137. The minimum Gasteiger partial charge on any atom is -0.399 e. The van der Waals surface area contributed by atoms with Crippen molar-refractivity contribution in [1.82, 2.24) is 5.32 Å². The summed E-state index contributed by atoms with van der Waals surface area (Å²) in [5.74, 6) is -3.47. The molecule has 0 aromatic heterocycles. The molecule has 2 amide bonds. The highest BCUT2D eigenvalue weighted by Gasteiger charge is 2.47. The number of nitrogens with one attached hydrogen (secondary N) is 1. The molecular weight excluding hydrogens is 260 g/mol. The number of Topliss-reactive ketones (excluding diaryl/α,β-unsaturated/α-hetero) is 2. The van der Waals surface area contributed by atoms with E-state index in [1.807, 2.05) is 0 Å². The van der Waals surface area contributed by atoms with Crippen molar-refractivity contribution in [2.75, 3.05) is 5.73 Å². The van der Waals surface area contributed by atoms with Gasteiger partial charge in [-0.1, -0.05) is 0 Å². The first-order valence-electron chi connectivity index (χ1n) is 6.30. The molecule has 0 spiro atoms. The van der Waals surface area contributed by atoms with Crippen molar-refractivity contribution in [3.8, 4) is 0 Å². The zero-order valence-corrected chi connectivity index (χ0v) is 10.5. The van der Waals surface area contributed by atoms with E-state index in [9.17, 15) is 19.2 Å². The van der Waals surface area contributed by atoms with Gasteiger partial charge in [-0.3, -0.25) is 24.5 Å². The number of fused-ring (bicyclic) bond motifs is 1. The van der Waals surface area contributed by atoms with Crippen LogP contribution in [0.5, 0.6) is 0 Å². The molecule has 3 rings (SSSR count). The Hall–Kier alpha value is -2.50. The summed E-state index contributed by atoms with van der Waals surface area (Å²) in [5, 5.41) is 2.18. The van der Waals surface area contributed by atoms with Crippen molar-refractivity contribution < 1.29 is 19.2 Å². The van der Waals surface area contributed by atoms with Crippen LogP contribution < -0.4 is 11.1 Å². The lowest BCUT2D eigenvalue weighted by atomic mass is 9.82. The Morgan fingerprint density at radius 1 is 1.05 bits per heavy atom. The van der Waals surface area contributed by atoms with Crippen LogP contribution in [0, 0.1) is 11.8 Å². The van der Waals surface area contributed by atoms with E-state index < -0.39 is 17.7 Å². The number of rotatable bonds is 1. The molecule has 1 fully saturated rings. The zero-order chi connectivity index (χ0) is 14.4. The van der Waals surface area contributed by atoms with Crippen LogP contribution in [0.2, 0.25) is 0 Å². The number of carbonyl (C=O) groups is 4. The van der Waals surface area contributed by atoms with Gasteiger partial charge in [0.05, 0.1) is 11.8 Å². The van der Waals surface area contributed by atoms with Crippen LogP contribution in [0.25, 0.3) is 0 Å². The van der Waals surface area contributed by atoms with E-state index in [4.69, 9.17) is 5.73 Å². The summed E-state index contributed by atoms with van der Waals surface area (Å²) in [6.45, 7) is 0. The van der Waals surface area contributed by atoms with Gasteiger partial charge in [-0.25, -0.2) is 0 Å². The maximum atomic E-state index is 12.3. The van der Waals surface area contributed by atoms with Crippen molar-refractivity contribution >= 4 is 29.1 Å². The quantitative estimate of drug-likeness (QED) is 0.435. The Balaban J connectivity index is 1.97. The topological polar surface area (TPSA) is 106 Å². The maximum Gasteiger partial charge on any atom is 0.230 e. The molecule has 6 heteroatoms. The molecule has 20 heavy (non-hydrogen) atoms. The number of nitrogen functional groups attached to an aromatic ring is 1. The number of ketones is 2. The molecule has 1 aromatic carbocycles. The molecule has 0 saturated carbocycles. The molecule has 1 saturated heterocycles. The summed E-state index contributed by atoms with van der Waals surface area (Å²) in [6, 6.07) is 4.52. The van der Waals surface area contributed by atoms with Crippen LogP contribution in [-0.2, 0) is 9.59 Å². The molecule has 1 aliphatic heterocycles. The van der Waals surface area contributed by atoms with Crippen molar-refractivity contribution in [2.45, 2.75) is 12.8 Å². The molecule has 3 N–H and O–H groups in total. The number of piperidine rings is 1. The standard InChI is InChI=1S/C14H12N2O4/c15-6-1-2-7-9(5-6)13(19)11(12(7)18)8-3-4-10(17)16-14(8)20/h1-2,5,8,11H,3-4,15H2,(H,16,17,20)/t8?,11-/m1/s1. The minimum absolute atomic E-state index is 0.145. The van der Waals surface area contributed by atoms with Gasteiger partial charge in [0.2, 0.25) is 11.8 Å². The van der Waals surface area contributed by atoms with Crippen molar-refractivity contribution in [3.05, 3.63) is 29.3 Å². The smallest absolute Gasteiger partial charge is 0.230 e. The number of hydrogen-bond donors (Lipinski definition) is 2. The molecule has 0 radical (unpaired) electrons. The summed E-state index contributed by atoms with van der Waals surface area (Å²) >= 11 is 0. The second-order valence-electron chi connectivity index (χ2n) is 5.07. The van der Waals surface area contributed by atoms with Gasteiger partial charge in [-0.2, -0.15) is 0 Å². The molecule has 1 unspecified atom stereocenters. The van der Waals surface area contributed by atoms with Crippen LogP contribution in [0.4, 0.5) is 5.69 Å². The molecule has 6 nitrogen and oxygen atoms in total. The second-order valence-corrected chi connectivity index (χ2v) is 5.07. The van der Waals surface area contributed by atoms with Crippen LogP contribution in [0.3, 0.4) is 0 Å². The fourth-order valence-corrected chi connectivity index (χ4v) is 2.83. The SMILES string of the molecule is Nc1ccc2c(c1)C(=O)[C@H](C1CCC(=O)NC1=O)C2=O. The normalized spacial score (nSPS) is 25.6. The summed E-state index contributed by atoms with van der Waals surface area (Å²) in [6.07, 6.45) is 0.363. The van der Waals surface area contributed by atoms with Crippen LogP contribution in [0.1, 0.15) is 33.6 Å². The number of imide groups is 1. The van der Waals surface area contributed by atoms with Crippen molar-refractivity contribution in [1.29, 1.82) is 0 Å². The lowest BCUT2D eigenvalue weighted by Crippen LogP contribution is -2.46. The van der Waals surface area contributed by atoms with Gasteiger partial charge in [0.25, 0.3) is 0 Å². The lowest BCUT2D eigenvalue weighted by Gasteiger charge is -2.23. The summed E-state index contributed by atoms with van der Waals surface area (Å²) < 4.78 is 0. The first kappa shape index (κ1) is 12.5. The number of nitrogens with two attached hydrogens (primary N) is 1. The van der Waals surface area contributed by atoms with E-state index in [0.29, 0.717) is 11.3 Å². The second kappa shape index (κ2) is 4.26. The maximum absolute atomic E-state index is 12.3. The summed E-state index contributed by atoms with van der Waals surface area (Å²) in [5.41, 5.74) is 6.59. The van der Waals surface area contributed by atoms with Crippen LogP contribution in [0.15, 0.2) is 18.2 Å². The van der Waals surface area contributed by atoms with Gasteiger partial charge in [0, 0.05) is 23.2 Å². The fraction of sp³-hybridized carbons (Fsp3) is 0.286. The first-order valence-corrected chi connectivity index (χ1v) is 6.30. The minimum atomic E-state index is -1.03. The predicted octanol–water partition coefficient (Wildman–Crippen LogP) is 0.317. The van der Waals surface area contributed by atoms with E-state index in [-0.39, 0.29) is 35.9 Å². The van der Waals surface area contributed by atoms with E-state index in [1.54, 1.807) is 6.07 Å². The van der Waals surface area contributed by atoms with E-state index in [2.05, 4.69) is 5.32 Å². The molecule has 1 aliphatic carbocycles. The highest BCUT2D eigenvalue weighted by molar-refractivity contribution is 6.28. The Labute approximate surface area is 114 Å². The molecule has 0 bridgehead atoms. The van der Waals surface area contributed by atoms with Crippen molar-refractivity contribution in [2.24, 2.45) is 11.8 Å². The van der Waals surface area contributed by atoms with E-state index >= 15 is 0 Å². The first-order chi connectivity index (χ1) is 9.49. The largest absolute Gasteiger partial charge is 0.399 e. The zero-order valence-electron chi connectivity index (χ0n) is 10.5. The Morgan fingerprint density at radius 2 is 1.75 bits per heavy atom. The van der Waals surface area contributed by atoms with Gasteiger partial charge in [-0.05, 0) is 24.6 Å². The third-order valence-corrected chi connectivity index (χ3v) is 3.82. The average molecular weight is 272 g/mol. The summed E-state index contributed by atoms with van der Waals surface area (Å²) in [7, 11) is 0. The number of anilines is 1. The molecule has 1 heterocycles. The van der Waals surface area contributed by atoms with Crippen LogP contribution in [-0.4, -0.2) is 23.4 Å².